The van der Waals surface area contributed by atoms with Crippen LogP contribution in [0.5, 0.6) is 0 Å². The van der Waals surface area contributed by atoms with E-state index in [2.05, 4.69) is 18.7 Å². The molecular weight excluding hydrogens is 584 g/mol. The fourth-order valence-corrected chi connectivity index (χ4v) is 7.53. The number of likely N-dealkylation sites (N-methyl/N-ethyl adjacent to an activating group) is 1. The molecule has 3 atom stereocenters. The Bertz CT molecular complexity index is 628. The SMILES string of the molecule is CCCCCCCCCCCCCCCC(CCO)N(C(CCO)CCCCCCCCCCCCCCC)C(C(=O)O)[N+](C)(C)C. The normalized spacial score (nSPS) is 14.1. The van der Waals surface area contributed by atoms with E-state index in [1.807, 2.05) is 21.1 Å². The molecule has 0 aliphatic heterocycles. The van der Waals surface area contributed by atoms with Gasteiger partial charge in [-0.3, -0.25) is 0 Å². The zero-order valence-electron chi connectivity index (χ0n) is 32.5. The van der Waals surface area contributed by atoms with Crippen LogP contribution >= 0.6 is 0 Å². The number of aliphatic carboxylic acids is 1. The van der Waals surface area contributed by atoms with Gasteiger partial charge in [-0.1, -0.05) is 181 Å². The second-order valence-electron chi connectivity index (χ2n) is 15.7. The second kappa shape index (κ2) is 32.5. The summed E-state index contributed by atoms with van der Waals surface area (Å²) >= 11 is 0. The number of aliphatic hydroxyl groups is 2. The van der Waals surface area contributed by atoms with Gasteiger partial charge in [-0.2, -0.15) is 0 Å². The van der Waals surface area contributed by atoms with Crippen molar-refractivity contribution in [2.45, 2.75) is 225 Å². The zero-order chi connectivity index (χ0) is 35.0. The van der Waals surface area contributed by atoms with Gasteiger partial charge in [-0.15, -0.1) is 0 Å². The average molecular weight is 670 g/mol. The highest BCUT2D eigenvalue weighted by Crippen LogP contribution is 2.28. The van der Waals surface area contributed by atoms with Gasteiger partial charge >= 0.3 is 5.97 Å². The van der Waals surface area contributed by atoms with E-state index >= 15 is 0 Å². The van der Waals surface area contributed by atoms with Crippen LogP contribution in [0.3, 0.4) is 0 Å². The molecule has 6 heteroatoms. The first-order chi connectivity index (χ1) is 22.7. The highest BCUT2D eigenvalue weighted by molar-refractivity contribution is 5.71. The number of carboxylic acids is 1. The Kier molecular flexibility index (Phi) is 32.0. The Morgan fingerprint density at radius 2 is 0.723 bits per heavy atom. The first-order valence-corrected chi connectivity index (χ1v) is 20.8. The lowest BCUT2D eigenvalue weighted by Crippen LogP contribution is -2.64. The van der Waals surface area contributed by atoms with Crippen molar-refractivity contribution in [3.05, 3.63) is 0 Å². The minimum absolute atomic E-state index is 0.00433. The van der Waals surface area contributed by atoms with E-state index in [4.69, 9.17) is 0 Å². The molecule has 0 rings (SSSR count). The molecule has 3 unspecified atom stereocenters. The molecule has 0 heterocycles. The summed E-state index contributed by atoms with van der Waals surface area (Å²) in [6, 6.07) is 0.00867. The van der Waals surface area contributed by atoms with Crippen LogP contribution in [-0.2, 0) is 4.79 Å². The number of hydrogen-bond donors (Lipinski definition) is 3. The average Bonchev–Trinajstić information content (AvgIpc) is 3.02. The Balaban J connectivity index is 4.88. The van der Waals surface area contributed by atoms with Gasteiger partial charge in [0.1, 0.15) is 0 Å². The molecule has 282 valence electrons. The number of unbranched alkanes of at least 4 members (excludes halogenated alkanes) is 24. The molecule has 0 fully saturated rings. The van der Waals surface area contributed by atoms with E-state index in [1.54, 1.807) is 0 Å². The number of carboxylic acid groups (broad SMARTS) is 1. The summed E-state index contributed by atoms with van der Waals surface area (Å²) in [5, 5.41) is 30.7. The monoisotopic (exact) mass is 670 g/mol. The van der Waals surface area contributed by atoms with E-state index in [-0.39, 0.29) is 25.3 Å². The number of quaternary nitrogens is 1. The lowest BCUT2D eigenvalue weighted by molar-refractivity contribution is -0.900. The van der Waals surface area contributed by atoms with Crippen molar-refractivity contribution < 1.29 is 24.6 Å². The molecule has 0 bridgehead atoms. The van der Waals surface area contributed by atoms with Gasteiger partial charge in [0.25, 0.3) is 0 Å². The largest absolute Gasteiger partial charge is 0.476 e. The van der Waals surface area contributed by atoms with Gasteiger partial charge < -0.3 is 19.8 Å². The summed E-state index contributed by atoms with van der Waals surface area (Å²) < 4.78 is 0.302. The molecule has 0 aromatic carbocycles. The van der Waals surface area contributed by atoms with E-state index in [0.717, 1.165) is 25.7 Å². The molecule has 0 saturated carbocycles. The van der Waals surface area contributed by atoms with Crippen molar-refractivity contribution >= 4 is 5.97 Å². The van der Waals surface area contributed by atoms with Gasteiger partial charge in [0, 0.05) is 25.3 Å². The van der Waals surface area contributed by atoms with Gasteiger partial charge in [-0.05, 0) is 25.7 Å². The third-order valence-corrected chi connectivity index (χ3v) is 10.3. The van der Waals surface area contributed by atoms with Gasteiger partial charge in [-0.25, -0.2) is 9.69 Å². The predicted octanol–water partition coefficient (Wildman–Crippen LogP) is 10.9. The summed E-state index contributed by atoms with van der Waals surface area (Å²) in [4.78, 5) is 15.0. The number of aliphatic hydroxyl groups excluding tert-OH is 2. The summed E-state index contributed by atoms with van der Waals surface area (Å²) in [7, 11) is 5.90. The minimum atomic E-state index is -0.806. The van der Waals surface area contributed by atoms with E-state index in [9.17, 15) is 20.1 Å². The van der Waals surface area contributed by atoms with Crippen LogP contribution in [0.2, 0.25) is 0 Å². The predicted molar refractivity (Wildman–Crippen MR) is 203 cm³/mol. The van der Waals surface area contributed by atoms with Crippen molar-refractivity contribution in [2.24, 2.45) is 0 Å². The highest BCUT2D eigenvalue weighted by Gasteiger charge is 2.43. The smallest absolute Gasteiger partial charge is 0.379 e. The summed E-state index contributed by atoms with van der Waals surface area (Å²) in [5.41, 5.74) is 0. The Hall–Kier alpha value is -0.690. The molecule has 0 amide bonds. The maximum Gasteiger partial charge on any atom is 0.379 e. The molecule has 0 saturated heterocycles. The second-order valence-corrected chi connectivity index (χ2v) is 15.7. The first kappa shape index (κ1) is 46.3. The maximum absolute atomic E-state index is 12.8. The van der Waals surface area contributed by atoms with Gasteiger partial charge in [0.15, 0.2) is 0 Å². The summed E-state index contributed by atoms with van der Waals surface area (Å²) in [6.07, 6.45) is 36.4. The Labute approximate surface area is 294 Å². The first-order valence-electron chi connectivity index (χ1n) is 20.8. The summed E-state index contributed by atoms with van der Waals surface area (Å²) in [5.74, 6) is -0.806. The van der Waals surface area contributed by atoms with Gasteiger partial charge in [0.2, 0.25) is 6.17 Å². The fraction of sp³-hybridized carbons (Fsp3) is 0.976. The quantitative estimate of drug-likeness (QED) is 0.0348. The topological polar surface area (TPSA) is 81.0 Å². The molecule has 3 N–H and O–H groups in total. The van der Waals surface area contributed by atoms with Crippen LogP contribution in [-0.4, -0.2) is 83.3 Å². The summed E-state index contributed by atoms with van der Waals surface area (Å²) in [6.45, 7) is 4.67. The zero-order valence-corrected chi connectivity index (χ0v) is 32.5. The third-order valence-electron chi connectivity index (χ3n) is 10.3. The number of nitrogens with zero attached hydrogens (tertiary/aromatic N) is 2. The van der Waals surface area contributed by atoms with E-state index in [0.29, 0.717) is 17.3 Å². The lowest BCUT2D eigenvalue weighted by atomic mass is 9.95. The van der Waals surface area contributed by atoms with Crippen molar-refractivity contribution in [1.82, 2.24) is 4.90 Å². The van der Waals surface area contributed by atoms with Crippen LogP contribution in [0, 0.1) is 0 Å². The Morgan fingerprint density at radius 1 is 0.468 bits per heavy atom. The molecule has 0 aromatic heterocycles. The molecule has 0 radical (unpaired) electrons. The number of carbonyl (C=O) groups is 1. The molecule has 6 nitrogen and oxygen atoms in total. The molecule has 47 heavy (non-hydrogen) atoms. The molecule has 0 spiro atoms. The fourth-order valence-electron chi connectivity index (χ4n) is 7.53. The molecule has 0 aliphatic carbocycles. The highest BCUT2D eigenvalue weighted by atomic mass is 16.4. The van der Waals surface area contributed by atoms with E-state index < -0.39 is 12.1 Å². The van der Waals surface area contributed by atoms with Gasteiger partial charge in [0.05, 0.1) is 21.1 Å². The molecular formula is C41H85N2O4+. The van der Waals surface area contributed by atoms with E-state index in [1.165, 1.54) is 154 Å². The Morgan fingerprint density at radius 3 is 0.936 bits per heavy atom. The van der Waals surface area contributed by atoms with Crippen molar-refractivity contribution in [3.8, 4) is 0 Å². The van der Waals surface area contributed by atoms with Crippen LogP contribution in [0.15, 0.2) is 0 Å². The molecule has 0 aliphatic rings. The maximum atomic E-state index is 12.8. The lowest BCUT2D eigenvalue weighted by Gasteiger charge is -2.46. The standard InChI is InChI=1S/C41H84N2O4/c1-6-8-10-12-14-16-18-20-22-24-26-28-30-32-38(34-36-44)42(40(41(46)47)43(3,4)5)39(35-37-45)33-31-29-27-25-23-21-19-17-15-13-11-9-7-2/h38-40,44-45H,6-37H2,1-5H3/p+1. The van der Waals surface area contributed by atoms with Crippen LogP contribution < -0.4 is 0 Å². The van der Waals surface area contributed by atoms with Crippen LogP contribution in [0.1, 0.15) is 206 Å². The number of hydrogen-bond acceptors (Lipinski definition) is 4. The van der Waals surface area contributed by atoms with Crippen molar-refractivity contribution in [3.63, 3.8) is 0 Å². The third kappa shape index (κ3) is 25.9. The van der Waals surface area contributed by atoms with Crippen molar-refractivity contribution in [2.75, 3.05) is 34.4 Å². The molecule has 0 aromatic rings. The minimum Gasteiger partial charge on any atom is -0.476 e. The van der Waals surface area contributed by atoms with Crippen LogP contribution in [0.4, 0.5) is 0 Å². The van der Waals surface area contributed by atoms with Crippen molar-refractivity contribution in [1.29, 1.82) is 0 Å². The number of rotatable bonds is 37. The van der Waals surface area contributed by atoms with Crippen LogP contribution in [0.25, 0.3) is 0 Å².